The molecule has 250 valence electrons. The summed E-state index contributed by atoms with van der Waals surface area (Å²) in [7, 11) is 0. The molecule has 2 aromatic rings. The van der Waals surface area contributed by atoms with Gasteiger partial charge in [0, 0.05) is 35.8 Å². The number of esters is 3. The fraction of sp³-hybridized carbons (Fsp3) is 0.405. The number of hydrogen-bond acceptors (Lipinski definition) is 8. The quantitative estimate of drug-likeness (QED) is 0.200. The first-order valence-corrected chi connectivity index (χ1v) is 15.3. The van der Waals surface area contributed by atoms with Gasteiger partial charge >= 0.3 is 17.9 Å². The van der Waals surface area contributed by atoms with Gasteiger partial charge in [0.25, 0.3) is 5.97 Å². The minimum Gasteiger partial charge on any atom is -0.481 e. The minimum atomic E-state index is -1.33. The number of fused-ring (bicyclic) bond motifs is 4. The topological polar surface area (TPSA) is 125 Å². The van der Waals surface area contributed by atoms with Gasteiger partial charge in [0.15, 0.2) is 5.60 Å². The highest BCUT2D eigenvalue weighted by molar-refractivity contribution is 6.00. The van der Waals surface area contributed by atoms with Gasteiger partial charge in [-0.2, -0.15) is 0 Å². The van der Waals surface area contributed by atoms with Crippen molar-refractivity contribution in [3.63, 3.8) is 0 Å². The van der Waals surface area contributed by atoms with Crippen LogP contribution in [-0.2, 0) is 29.5 Å². The largest absolute Gasteiger partial charge is 0.481 e. The summed E-state index contributed by atoms with van der Waals surface area (Å²) in [5.41, 5.74) is -0.634. The predicted octanol–water partition coefficient (Wildman–Crippen LogP) is 8.70. The van der Waals surface area contributed by atoms with Crippen LogP contribution in [0.25, 0.3) is 0 Å². The lowest BCUT2D eigenvalue weighted by atomic mass is 9.76. The average Bonchev–Trinajstić information content (AvgIpc) is 3.25. The van der Waals surface area contributed by atoms with Crippen LogP contribution in [0.2, 0.25) is 0 Å². The molecule has 9 nitrogen and oxygen atoms in total. The Labute approximate surface area is 272 Å². The highest BCUT2D eigenvalue weighted by atomic mass is 16.6. The van der Waals surface area contributed by atoms with E-state index in [4.69, 9.17) is 28.8 Å². The lowest BCUT2D eigenvalue weighted by molar-refractivity contribution is -0.144. The third-order valence-corrected chi connectivity index (χ3v) is 6.24. The van der Waals surface area contributed by atoms with Crippen molar-refractivity contribution in [3.8, 4) is 23.0 Å². The molecule has 2 heterocycles. The summed E-state index contributed by atoms with van der Waals surface area (Å²) in [4.78, 5) is 47.2. The van der Waals surface area contributed by atoms with E-state index >= 15 is 0 Å². The fourth-order valence-corrected chi connectivity index (χ4v) is 4.25. The van der Waals surface area contributed by atoms with E-state index in [-0.39, 0.29) is 11.5 Å². The number of ether oxygens (including phenoxy) is 4. The number of carboxylic acids is 1. The number of carboxylic acid groups (broad SMARTS) is 1. The number of hydrogen-bond donors (Lipinski definition) is 1. The van der Waals surface area contributed by atoms with Crippen LogP contribution in [0.15, 0.2) is 72.4 Å². The van der Waals surface area contributed by atoms with Crippen molar-refractivity contribution in [2.24, 2.45) is 10.8 Å². The number of benzene rings is 2. The Morgan fingerprint density at radius 2 is 1.22 bits per heavy atom. The predicted molar refractivity (Wildman–Crippen MR) is 178 cm³/mol. The van der Waals surface area contributed by atoms with E-state index in [0.717, 1.165) is 6.92 Å². The van der Waals surface area contributed by atoms with Crippen LogP contribution in [-0.4, -0.2) is 29.0 Å². The smallest absolute Gasteiger partial charge is 0.340 e. The monoisotopic (exact) mass is 636 g/mol. The van der Waals surface area contributed by atoms with Crippen LogP contribution in [0.4, 0.5) is 0 Å². The van der Waals surface area contributed by atoms with Crippen molar-refractivity contribution in [1.29, 1.82) is 0 Å². The zero-order valence-electron chi connectivity index (χ0n) is 29.1. The summed E-state index contributed by atoms with van der Waals surface area (Å²) >= 11 is 0. The van der Waals surface area contributed by atoms with Gasteiger partial charge in [-0.3, -0.25) is 14.4 Å². The Morgan fingerprint density at radius 1 is 0.826 bits per heavy atom. The standard InChI is InChI=1S/C31H32O7.C2H4O2.2C2H6/c1-9-11-20-21(10-2)31(38-26(20)32)22-14-12-18(35-27(33)29(3,4)5)16-24(22)37-25-17-19(13-15-23(25)31)36-28(34)30(6,7)8;1-2(3)4;2*1-2/h9-17H,1H2,2-8H3;1H3,(H,3,4);2*1-2H3/b20-11+,21-10+;;;. The Morgan fingerprint density at radius 3 is 1.54 bits per heavy atom. The van der Waals surface area contributed by atoms with Gasteiger partial charge in [0.2, 0.25) is 0 Å². The summed E-state index contributed by atoms with van der Waals surface area (Å²) < 4.78 is 23.6. The van der Waals surface area contributed by atoms with E-state index in [1.54, 1.807) is 84.0 Å². The number of rotatable bonds is 3. The van der Waals surface area contributed by atoms with Gasteiger partial charge in [0.05, 0.1) is 16.4 Å². The molecule has 4 rings (SSSR count). The third kappa shape index (κ3) is 8.74. The average molecular weight is 637 g/mol. The lowest BCUT2D eigenvalue weighted by Gasteiger charge is -2.37. The highest BCUT2D eigenvalue weighted by Gasteiger charge is 2.55. The van der Waals surface area contributed by atoms with Crippen LogP contribution >= 0.6 is 0 Å². The molecular formula is C37H48O9. The van der Waals surface area contributed by atoms with Crippen molar-refractivity contribution in [2.45, 2.75) is 88.7 Å². The maximum Gasteiger partial charge on any atom is 0.340 e. The SMILES string of the molecule is C=C/C=C1/C(=O)OC2(/C1=C/C)c1ccc(OC(=O)C(C)(C)C)cc1Oc1cc(OC(=O)C(C)(C)C)ccc12.CC.CC.CC(=O)O. The zero-order chi connectivity index (χ0) is 35.6. The Hall–Kier alpha value is -4.66. The van der Waals surface area contributed by atoms with Crippen molar-refractivity contribution in [1.82, 2.24) is 0 Å². The molecule has 0 bridgehead atoms. The van der Waals surface area contributed by atoms with Crippen LogP contribution in [0, 0.1) is 10.8 Å². The van der Waals surface area contributed by atoms with E-state index < -0.39 is 40.3 Å². The minimum absolute atomic E-state index is 0.283. The summed E-state index contributed by atoms with van der Waals surface area (Å²) in [6.45, 7) is 25.2. The first kappa shape index (κ1) is 39.4. The van der Waals surface area contributed by atoms with Crippen molar-refractivity contribution in [2.75, 3.05) is 0 Å². The molecule has 0 atom stereocenters. The molecular weight excluding hydrogens is 588 g/mol. The van der Waals surface area contributed by atoms with Crippen molar-refractivity contribution >= 4 is 23.9 Å². The van der Waals surface area contributed by atoms with Gasteiger partial charge in [-0.15, -0.1) is 0 Å². The Kier molecular flexibility index (Phi) is 13.7. The summed E-state index contributed by atoms with van der Waals surface area (Å²) in [6.07, 6.45) is 4.96. The maximum absolute atomic E-state index is 13.1. The molecule has 1 saturated heterocycles. The second-order valence-corrected chi connectivity index (χ2v) is 11.8. The Balaban J connectivity index is 0.00000121. The summed E-state index contributed by atoms with van der Waals surface area (Å²) in [5, 5.41) is 7.42. The van der Waals surface area contributed by atoms with Crippen LogP contribution in [0.1, 0.15) is 94.2 Å². The van der Waals surface area contributed by atoms with E-state index in [1.165, 1.54) is 6.08 Å². The van der Waals surface area contributed by atoms with Gasteiger partial charge in [-0.1, -0.05) is 46.4 Å². The third-order valence-electron chi connectivity index (χ3n) is 6.24. The number of aliphatic carboxylic acids is 1. The van der Waals surface area contributed by atoms with Gasteiger partial charge in [0.1, 0.15) is 23.0 Å². The Bertz CT molecular complexity index is 1430. The van der Waals surface area contributed by atoms with E-state index in [1.807, 2.05) is 40.7 Å². The van der Waals surface area contributed by atoms with E-state index in [9.17, 15) is 14.4 Å². The molecule has 2 aromatic carbocycles. The molecule has 9 heteroatoms. The molecule has 2 aliphatic heterocycles. The molecule has 1 N–H and O–H groups in total. The first-order chi connectivity index (χ1) is 21.4. The molecule has 0 amide bonds. The lowest BCUT2D eigenvalue weighted by Crippen LogP contribution is -2.33. The van der Waals surface area contributed by atoms with Crippen LogP contribution in [0.3, 0.4) is 0 Å². The molecule has 46 heavy (non-hydrogen) atoms. The molecule has 0 saturated carbocycles. The second kappa shape index (κ2) is 16.1. The van der Waals surface area contributed by atoms with Crippen LogP contribution in [0.5, 0.6) is 23.0 Å². The summed E-state index contributed by atoms with van der Waals surface area (Å²) in [5.74, 6) is -0.916. The van der Waals surface area contributed by atoms with Crippen molar-refractivity contribution < 1.29 is 43.2 Å². The van der Waals surface area contributed by atoms with Gasteiger partial charge < -0.3 is 24.1 Å². The van der Waals surface area contributed by atoms with E-state index in [2.05, 4.69) is 6.58 Å². The molecule has 0 radical (unpaired) electrons. The number of allylic oxidation sites excluding steroid dienone is 3. The van der Waals surface area contributed by atoms with Gasteiger partial charge in [-0.05, 0) is 78.8 Å². The van der Waals surface area contributed by atoms with E-state index in [0.29, 0.717) is 33.8 Å². The molecule has 0 unspecified atom stereocenters. The normalized spacial score (nSPS) is 15.6. The molecule has 1 spiro atoms. The highest BCUT2D eigenvalue weighted by Crippen LogP contribution is 2.58. The van der Waals surface area contributed by atoms with Crippen LogP contribution < -0.4 is 14.2 Å². The molecule has 0 aliphatic carbocycles. The summed E-state index contributed by atoms with van der Waals surface area (Å²) in [6, 6.07) is 9.93. The molecule has 0 aromatic heterocycles. The second-order valence-electron chi connectivity index (χ2n) is 11.8. The first-order valence-electron chi connectivity index (χ1n) is 15.3. The fourth-order valence-electron chi connectivity index (χ4n) is 4.25. The number of carbonyl (C=O) groups excluding carboxylic acids is 3. The van der Waals surface area contributed by atoms with Gasteiger partial charge in [-0.25, -0.2) is 4.79 Å². The maximum atomic E-state index is 13.1. The van der Waals surface area contributed by atoms with Crippen molar-refractivity contribution in [3.05, 3.63) is 83.5 Å². The molecule has 1 fully saturated rings. The zero-order valence-corrected chi connectivity index (χ0v) is 29.1. The molecule has 2 aliphatic rings. The number of carbonyl (C=O) groups is 4.